The fraction of sp³-hybridized carbons (Fsp3) is 0.435. The van der Waals surface area contributed by atoms with Crippen molar-refractivity contribution < 1.29 is 27.1 Å². The Bertz CT molecular complexity index is 1300. The molecule has 172 valence electrons. The van der Waals surface area contributed by atoms with E-state index in [1.807, 2.05) is 27.7 Å². The van der Waals surface area contributed by atoms with E-state index in [0.717, 1.165) is 5.56 Å². The zero-order valence-electron chi connectivity index (χ0n) is 19.1. The second-order valence-corrected chi connectivity index (χ2v) is 10.8. The van der Waals surface area contributed by atoms with Crippen LogP contribution in [0.4, 0.5) is 4.79 Å². The third-order valence-corrected chi connectivity index (χ3v) is 7.27. The van der Waals surface area contributed by atoms with Crippen LogP contribution in [0, 0.1) is 13.8 Å². The van der Waals surface area contributed by atoms with Gasteiger partial charge in [-0.15, -0.1) is 0 Å². The van der Waals surface area contributed by atoms with Gasteiger partial charge in [0.2, 0.25) is 0 Å². The van der Waals surface area contributed by atoms with E-state index in [-0.39, 0.29) is 10.9 Å². The molecular formula is C23H28N2O6S. The van der Waals surface area contributed by atoms with Crippen LogP contribution in [-0.4, -0.2) is 42.1 Å². The van der Waals surface area contributed by atoms with Gasteiger partial charge in [-0.05, 0) is 59.7 Å². The Kier molecular flexibility index (Phi) is 5.27. The number of carbonyl (C=O) groups excluding carboxylic acids is 1. The molecule has 1 aromatic carbocycles. The average Bonchev–Trinajstić information content (AvgIpc) is 3.21. The number of aromatic nitrogens is 1. The Morgan fingerprint density at radius 1 is 1.19 bits per heavy atom. The second kappa shape index (κ2) is 7.58. The first-order chi connectivity index (χ1) is 14.9. The van der Waals surface area contributed by atoms with Crippen molar-refractivity contribution in [1.82, 2.24) is 8.87 Å². The molecule has 0 bridgehead atoms. The minimum atomic E-state index is -3.86. The van der Waals surface area contributed by atoms with E-state index < -0.39 is 21.7 Å². The third kappa shape index (κ3) is 3.74. The van der Waals surface area contributed by atoms with Crippen LogP contribution < -0.4 is 4.74 Å². The van der Waals surface area contributed by atoms with E-state index >= 15 is 0 Å². The molecule has 32 heavy (non-hydrogen) atoms. The molecule has 0 spiro atoms. The van der Waals surface area contributed by atoms with E-state index in [0.29, 0.717) is 41.3 Å². The lowest BCUT2D eigenvalue weighted by Gasteiger charge is -2.30. The van der Waals surface area contributed by atoms with Gasteiger partial charge in [0.15, 0.2) is 0 Å². The summed E-state index contributed by atoms with van der Waals surface area (Å²) in [5.41, 5.74) is 0.625. The number of hydrogen-bond donors (Lipinski definition) is 0. The zero-order valence-corrected chi connectivity index (χ0v) is 19.9. The smallest absolute Gasteiger partial charge is 0.410 e. The first-order valence-electron chi connectivity index (χ1n) is 10.5. The monoisotopic (exact) mass is 460 g/mol. The van der Waals surface area contributed by atoms with E-state index in [1.165, 1.54) is 16.2 Å². The van der Waals surface area contributed by atoms with Crippen LogP contribution in [0.5, 0.6) is 5.75 Å². The topological polar surface area (TPSA) is 91.0 Å². The van der Waals surface area contributed by atoms with E-state index in [1.54, 1.807) is 36.9 Å². The number of benzene rings is 1. The first kappa shape index (κ1) is 22.3. The number of furan rings is 1. The van der Waals surface area contributed by atoms with Gasteiger partial charge in [0.1, 0.15) is 34.4 Å². The van der Waals surface area contributed by atoms with Crippen LogP contribution in [0.1, 0.15) is 50.8 Å². The number of rotatable bonds is 2. The van der Waals surface area contributed by atoms with Gasteiger partial charge in [0, 0.05) is 23.2 Å². The molecule has 0 N–H and O–H groups in total. The number of aryl methyl sites for hydroxylation is 2. The Labute approximate surface area is 187 Å². The molecule has 1 aliphatic heterocycles. The van der Waals surface area contributed by atoms with E-state index in [4.69, 9.17) is 13.9 Å². The summed E-state index contributed by atoms with van der Waals surface area (Å²) in [5.74, 6) is 1.50. The molecule has 8 nitrogen and oxygen atoms in total. The van der Waals surface area contributed by atoms with Gasteiger partial charge in [-0.2, -0.15) is 0 Å². The SMILES string of the molecule is Cc1cc(S(=O)(=O)n2ccc3c4c(ccc32)OCCN(C(=O)OC(C)(C)C)C4C)c(C)o1. The molecule has 1 amide bonds. The fourth-order valence-electron chi connectivity index (χ4n) is 4.10. The van der Waals surface area contributed by atoms with Crippen molar-refractivity contribution in [2.45, 2.75) is 58.1 Å². The highest BCUT2D eigenvalue weighted by Gasteiger charge is 2.33. The Balaban J connectivity index is 1.82. The van der Waals surface area contributed by atoms with Crippen molar-refractivity contribution in [1.29, 1.82) is 0 Å². The first-order valence-corrected chi connectivity index (χ1v) is 11.9. The Morgan fingerprint density at radius 2 is 1.91 bits per heavy atom. The number of nitrogens with zero attached hydrogens (tertiary/aromatic N) is 2. The molecule has 1 atom stereocenters. The predicted molar refractivity (Wildman–Crippen MR) is 120 cm³/mol. The number of amides is 1. The van der Waals surface area contributed by atoms with Gasteiger partial charge < -0.3 is 13.9 Å². The van der Waals surface area contributed by atoms with Crippen molar-refractivity contribution in [2.75, 3.05) is 13.2 Å². The molecule has 1 aliphatic rings. The summed E-state index contributed by atoms with van der Waals surface area (Å²) in [4.78, 5) is 14.6. The lowest BCUT2D eigenvalue weighted by atomic mass is 10.0. The van der Waals surface area contributed by atoms with Gasteiger partial charge in [-0.3, -0.25) is 4.90 Å². The number of ether oxygens (including phenoxy) is 2. The van der Waals surface area contributed by atoms with Crippen LogP contribution in [0.25, 0.3) is 10.9 Å². The summed E-state index contributed by atoms with van der Waals surface area (Å²) < 4.78 is 44.9. The minimum Gasteiger partial charge on any atom is -0.491 e. The number of hydrogen-bond acceptors (Lipinski definition) is 6. The van der Waals surface area contributed by atoms with E-state index in [9.17, 15) is 13.2 Å². The molecule has 3 heterocycles. The molecule has 0 saturated heterocycles. The molecule has 0 aliphatic carbocycles. The summed E-state index contributed by atoms with van der Waals surface area (Å²) in [6.45, 7) is 11.4. The quantitative estimate of drug-likeness (QED) is 0.547. The van der Waals surface area contributed by atoms with Crippen LogP contribution >= 0.6 is 0 Å². The lowest BCUT2D eigenvalue weighted by molar-refractivity contribution is 0.0168. The van der Waals surface area contributed by atoms with Crippen LogP contribution in [0.15, 0.2) is 39.8 Å². The summed E-state index contributed by atoms with van der Waals surface area (Å²) in [5, 5.41) is 0.701. The highest BCUT2D eigenvalue weighted by molar-refractivity contribution is 7.90. The zero-order chi connectivity index (χ0) is 23.4. The third-order valence-electron chi connectivity index (χ3n) is 5.47. The van der Waals surface area contributed by atoms with Crippen molar-refractivity contribution >= 4 is 27.0 Å². The van der Waals surface area contributed by atoms with Crippen LogP contribution in [0.3, 0.4) is 0 Å². The number of fused-ring (bicyclic) bond motifs is 3. The largest absolute Gasteiger partial charge is 0.491 e. The van der Waals surface area contributed by atoms with Gasteiger partial charge in [0.05, 0.1) is 18.1 Å². The maximum absolute atomic E-state index is 13.4. The standard InChI is InChI=1S/C23H28N2O6S/c1-14-13-20(16(3)30-14)32(27,28)25-10-9-17-18(25)7-8-19-21(17)15(2)24(11-12-29-19)22(26)31-23(4,5)6/h7-10,13,15H,11-12H2,1-6H3. The molecule has 0 saturated carbocycles. The van der Waals surface area contributed by atoms with Gasteiger partial charge in [0.25, 0.3) is 10.0 Å². The normalized spacial score (nSPS) is 17.1. The van der Waals surface area contributed by atoms with Gasteiger partial charge in [-0.1, -0.05) is 0 Å². The van der Waals surface area contributed by atoms with Crippen LogP contribution in [0.2, 0.25) is 0 Å². The highest BCUT2D eigenvalue weighted by atomic mass is 32.2. The molecule has 0 fully saturated rings. The Morgan fingerprint density at radius 3 is 2.53 bits per heavy atom. The second-order valence-electron chi connectivity index (χ2n) is 9.00. The lowest BCUT2D eigenvalue weighted by Crippen LogP contribution is -2.39. The van der Waals surface area contributed by atoms with Gasteiger partial charge >= 0.3 is 6.09 Å². The highest BCUT2D eigenvalue weighted by Crippen LogP contribution is 2.39. The van der Waals surface area contributed by atoms with Gasteiger partial charge in [-0.25, -0.2) is 17.2 Å². The fourth-order valence-corrected chi connectivity index (χ4v) is 5.68. The molecular weight excluding hydrogens is 432 g/mol. The molecule has 2 aromatic heterocycles. The number of carbonyl (C=O) groups is 1. The minimum absolute atomic E-state index is 0.127. The van der Waals surface area contributed by atoms with Crippen molar-refractivity contribution in [3.8, 4) is 5.75 Å². The Hall–Kier alpha value is -2.94. The van der Waals surface area contributed by atoms with Crippen molar-refractivity contribution in [3.63, 3.8) is 0 Å². The van der Waals surface area contributed by atoms with Crippen molar-refractivity contribution in [2.24, 2.45) is 0 Å². The van der Waals surface area contributed by atoms with E-state index in [2.05, 4.69) is 0 Å². The predicted octanol–water partition coefficient (Wildman–Crippen LogP) is 4.78. The van der Waals surface area contributed by atoms with Crippen molar-refractivity contribution in [3.05, 3.63) is 47.5 Å². The summed E-state index contributed by atoms with van der Waals surface area (Å²) in [6.07, 6.45) is 1.09. The maximum atomic E-state index is 13.4. The molecule has 1 unspecified atom stereocenters. The molecule has 0 radical (unpaired) electrons. The summed E-state index contributed by atoms with van der Waals surface area (Å²) >= 11 is 0. The molecule has 9 heteroatoms. The average molecular weight is 461 g/mol. The summed E-state index contributed by atoms with van der Waals surface area (Å²) in [7, 11) is -3.86. The molecule has 4 rings (SSSR count). The maximum Gasteiger partial charge on any atom is 0.410 e. The summed E-state index contributed by atoms with van der Waals surface area (Å²) in [6, 6.07) is 6.38. The van der Waals surface area contributed by atoms with Crippen LogP contribution in [-0.2, 0) is 14.8 Å². The molecule has 3 aromatic rings.